The van der Waals surface area contributed by atoms with Crippen LogP contribution in [-0.4, -0.2) is 16.3 Å². The van der Waals surface area contributed by atoms with Gasteiger partial charge < -0.3 is 15.5 Å². The van der Waals surface area contributed by atoms with E-state index >= 15 is 0 Å². The molecule has 1 aliphatic carbocycles. The van der Waals surface area contributed by atoms with E-state index in [0.29, 0.717) is 12.0 Å². The number of nitrogens with one attached hydrogen (secondary N) is 1. The van der Waals surface area contributed by atoms with Crippen molar-refractivity contribution in [1.29, 1.82) is 0 Å². The van der Waals surface area contributed by atoms with Gasteiger partial charge in [0.1, 0.15) is 0 Å². The molecule has 3 nitrogen and oxygen atoms in total. The molecule has 3 N–H and O–H groups in total. The first-order valence-corrected chi connectivity index (χ1v) is 6.82. The fourth-order valence-electron chi connectivity index (χ4n) is 2.80. The zero-order chi connectivity index (χ0) is 13.1. The minimum Gasteiger partial charge on any atom is -0.504 e. The summed E-state index contributed by atoms with van der Waals surface area (Å²) in [4.78, 5) is 0. The topological polar surface area (TPSA) is 52.5 Å². The van der Waals surface area contributed by atoms with Crippen LogP contribution >= 0.6 is 0 Å². The molecular formula is C15H23NO2. The van der Waals surface area contributed by atoms with Crippen LogP contribution in [0.15, 0.2) is 18.2 Å². The van der Waals surface area contributed by atoms with Gasteiger partial charge in [-0.25, -0.2) is 0 Å². The molecule has 0 saturated heterocycles. The molecule has 1 fully saturated rings. The summed E-state index contributed by atoms with van der Waals surface area (Å²) in [5, 5.41) is 22.3. The van der Waals surface area contributed by atoms with Gasteiger partial charge in [-0.1, -0.05) is 32.8 Å². The molecule has 0 heterocycles. The molecule has 3 atom stereocenters. The van der Waals surface area contributed by atoms with Crippen molar-refractivity contribution < 1.29 is 10.2 Å². The number of hydrogen-bond donors (Lipinski definition) is 3. The van der Waals surface area contributed by atoms with E-state index in [2.05, 4.69) is 19.2 Å². The molecule has 0 spiro atoms. The molecule has 0 amide bonds. The second-order valence-electron chi connectivity index (χ2n) is 5.58. The third-order valence-corrected chi connectivity index (χ3v) is 4.32. The molecule has 0 aromatic heterocycles. The Labute approximate surface area is 109 Å². The molecule has 1 aromatic carbocycles. The van der Waals surface area contributed by atoms with E-state index in [-0.39, 0.29) is 11.5 Å². The Hall–Kier alpha value is -1.22. The van der Waals surface area contributed by atoms with Gasteiger partial charge in [0.15, 0.2) is 11.5 Å². The first-order valence-electron chi connectivity index (χ1n) is 6.82. The number of hydrogen-bond acceptors (Lipinski definition) is 3. The van der Waals surface area contributed by atoms with Crippen LogP contribution in [0.3, 0.4) is 0 Å². The molecule has 0 bridgehead atoms. The monoisotopic (exact) mass is 249 g/mol. The second-order valence-corrected chi connectivity index (χ2v) is 5.58. The Morgan fingerprint density at radius 2 is 1.94 bits per heavy atom. The van der Waals surface area contributed by atoms with Crippen molar-refractivity contribution in [2.75, 3.05) is 0 Å². The van der Waals surface area contributed by atoms with E-state index in [9.17, 15) is 10.2 Å². The summed E-state index contributed by atoms with van der Waals surface area (Å²) in [7, 11) is 0. The summed E-state index contributed by atoms with van der Waals surface area (Å²) in [5.41, 5.74) is 1.01. The molecule has 1 aliphatic rings. The number of rotatable bonds is 3. The highest BCUT2D eigenvalue weighted by Crippen LogP contribution is 2.30. The summed E-state index contributed by atoms with van der Waals surface area (Å²) in [6, 6.07) is 5.57. The van der Waals surface area contributed by atoms with Crippen LogP contribution in [0.4, 0.5) is 0 Å². The van der Waals surface area contributed by atoms with Crippen LogP contribution in [-0.2, 0) is 6.54 Å². The van der Waals surface area contributed by atoms with Crippen LogP contribution in [0.5, 0.6) is 11.5 Å². The van der Waals surface area contributed by atoms with Gasteiger partial charge in [-0.2, -0.15) is 0 Å². The van der Waals surface area contributed by atoms with Gasteiger partial charge in [-0.15, -0.1) is 0 Å². The van der Waals surface area contributed by atoms with E-state index < -0.39 is 0 Å². The lowest BCUT2D eigenvalue weighted by Gasteiger charge is -2.34. The van der Waals surface area contributed by atoms with Crippen molar-refractivity contribution in [2.24, 2.45) is 11.8 Å². The molecule has 2 rings (SSSR count). The van der Waals surface area contributed by atoms with E-state index in [4.69, 9.17) is 0 Å². The summed E-state index contributed by atoms with van der Waals surface area (Å²) < 4.78 is 0. The van der Waals surface area contributed by atoms with Gasteiger partial charge >= 0.3 is 0 Å². The van der Waals surface area contributed by atoms with Crippen molar-refractivity contribution in [1.82, 2.24) is 5.32 Å². The van der Waals surface area contributed by atoms with Gasteiger partial charge in [0.2, 0.25) is 0 Å². The third-order valence-electron chi connectivity index (χ3n) is 4.32. The first kappa shape index (κ1) is 13.2. The lowest BCUT2D eigenvalue weighted by Crippen LogP contribution is -2.40. The molecule has 100 valence electrons. The van der Waals surface area contributed by atoms with Crippen LogP contribution < -0.4 is 5.32 Å². The first-order chi connectivity index (χ1) is 8.58. The third kappa shape index (κ3) is 2.96. The highest BCUT2D eigenvalue weighted by atomic mass is 16.3. The Morgan fingerprint density at radius 3 is 2.67 bits per heavy atom. The lowest BCUT2D eigenvalue weighted by molar-refractivity contribution is 0.206. The average molecular weight is 249 g/mol. The quantitative estimate of drug-likeness (QED) is 0.722. The molecule has 1 saturated carbocycles. The molecule has 0 aliphatic heterocycles. The van der Waals surface area contributed by atoms with Gasteiger partial charge in [-0.05, 0) is 36.0 Å². The zero-order valence-corrected chi connectivity index (χ0v) is 11.2. The van der Waals surface area contributed by atoms with Crippen molar-refractivity contribution in [3.05, 3.63) is 23.8 Å². The number of benzene rings is 1. The fourth-order valence-corrected chi connectivity index (χ4v) is 2.80. The Bertz CT molecular complexity index is 405. The summed E-state index contributed by atoms with van der Waals surface area (Å²) in [6.07, 6.45) is 3.86. The second kappa shape index (κ2) is 5.61. The SMILES string of the molecule is CC1CCCC(NCc2ccc(O)c(O)c2)C1C. The Balaban J connectivity index is 1.92. The lowest BCUT2D eigenvalue weighted by atomic mass is 9.78. The maximum Gasteiger partial charge on any atom is 0.157 e. The predicted molar refractivity (Wildman–Crippen MR) is 72.6 cm³/mol. The van der Waals surface area contributed by atoms with Crippen molar-refractivity contribution >= 4 is 0 Å². The summed E-state index contributed by atoms with van der Waals surface area (Å²) in [6.45, 7) is 5.39. The summed E-state index contributed by atoms with van der Waals surface area (Å²) >= 11 is 0. The Morgan fingerprint density at radius 1 is 1.17 bits per heavy atom. The molecule has 1 aromatic rings. The highest BCUT2D eigenvalue weighted by molar-refractivity contribution is 5.40. The van der Waals surface area contributed by atoms with Crippen LogP contribution in [0.2, 0.25) is 0 Å². The Kier molecular flexibility index (Phi) is 4.12. The standard InChI is InChI=1S/C15H23NO2/c1-10-4-3-5-13(11(10)2)16-9-12-6-7-14(17)15(18)8-12/h6-8,10-11,13,16-18H,3-5,9H2,1-2H3. The zero-order valence-electron chi connectivity index (χ0n) is 11.2. The normalized spacial score (nSPS) is 28.2. The van der Waals surface area contributed by atoms with Crippen molar-refractivity contribution in [3.8, 4) is 11.5 Å². The predicted octanol–water partition coefficient (Wildman–Crippen LogP) is 3.01. The average Bonchev–Trinajstić information content (AvgIpc) is 2.35. The molecular weight excluding hydrogens is 226 g/mol. The van der Waals surface area contributed by atoms with Crippen LogP contribution in [0.1, 0.15) is 38.7 Å². The van der Waals surface area contributed by atoms with E-state index in [1.54, 1.807) is 12.1 Å². The van der Waals surface area contributed by atoms with Crippen molar-refractivity contribution in [3.63, 3.8) is 0 Å². The maximum absolute atomic E-state index is 9.45. The van der Waals surface area contributed by atoms with Crippen LogP contribution in [0.25, 0.3) is 0 Å². The van der Waals surface area contributed by atoms with Gasteiger partial charge in [0.05, 0.1) is 0 Å². The number of phenols is 2. The minimum atomic E-state index is -0.0570. The number of aromatic hydroxyl groups is 2. The minimum absolute atomic E-state index is 0.0423. The molecule has 18 heavy (non-hydrogen) atoms. The summed E-state index contributed by atoms with van der Waals surface area (Å²) in [5.74, 6) is 1.38. The van der Waals surface area contributed by atoms with Gasteiger partial charge in [0, 0.05) is 12.6 Å². The van der Waals surface area contributed by atoms with E-state index in [1.165, 1.54) is 19.3 Å². The van der Waals surface area contributed by atoms with Gasteiger partial charge in [-0.3, -0.25) is 0 Å². The molecule has 3 unspecified atom stereocenters. The smallest absolute Gasteiger partial charge is 0.157 e. The van der Waals surface area contributed by atoms with Crippen LogP contribution in [0, 0.1) is 11.8 Å². The highest BCUT2D eigenvalue weighted by Gasteiger charge is 2.26. The van der Waals surface area contributed by atoms with E-state index in [1.807, 2.05) is 6.07 Å². The molecule has 0 radical (unpaired) electrons. The molecule has 3 heteroatoms. The fraction of sp³-hybridized carbons (Fsp3) is 0.600. The van der Waals surface area contributed by atoms with E-state index in [0.717, 1.165) is 18.0 Å². The van der Waals surface area contributed by atoms with Gasteiger partial charge in [0.25, 0.3) is 0 Å². The maximum atomic E-state index is 9.45. The van der Waals surface area contributed by atoms with Crippen molar-refractivity contribution in [2.45, 2.75) is 45.7 Å². The number of phenolic OH excluding ortho intramolecular Hbond substituents is 2. The largest absolute Gasteiger partial charge is 0.504 e.